The Morgan fingerprint density at radius 2 is 1.04 bits per heavy atom. The smallest absolute Gasteiger partial charge is 0.312 e. The van der Waals surface area contributed by atoms with Gasteiger partial charge in [0, 0.05) is 44.4 Å². The third kappa shape index (κ3) is 7.63. The number of carbonyl (C=O) groups excluding carboxylic acids is 2. The van der Waals surface area contributed by atoms with Crippen molar-refractivity contribution in [2.45, 2.75) is 107 Å². The van der Waals surface area contributed by atoms with Crippen molar-refractivity contribution < 1.29 is 29.3 Å². The van der Waals surface area contributed by atoms with E-state index in [1.54, 1.807) is 22.7 Å². The number of rotatable bonds is 12. The third-order valence-electron chi connectivity index (χ3n) is 11.0. The van der Waals surface area contributed by atoms with Crippen molar-refractivity contribution in [2.75, 3.05) is 14.2 Å². The first kappa shape index (κ1) is 42.6. The highest BCUT2D eigenvalue weighted by molar-refractivity contribution is 7.12. The minimum Gasteiger partial charge on any atom is -0.469 e. The van der Waals surface area contributed by atoms with Crippen molar-refractivity contribution in [3.8, 4) is 0 Å². The fourth-order valence-corrected chi connectivity index (χ4v) is 10.4. The van der Waals surface area contributed by atoms with Crippen LogP contribution >= 0.6 is 22.7 Å². The van der Waals surface area contributed by atoms with Crippen LogP contribution in [0.2, 0.25) is 0 Å². The summed E-state index contributed by atoms with van der Waals surface area (Å²) < 4.78 is 14.0. The molecule has 4 aromatic heterocycles. The van der Waals surface area contributed by atoms with Crippen LogP contribution in [0, 0.1) is 38.5 Å². The van der Waals surface area contributed by atoms with Crippen LogP contribution in [0.1, 0.15) is 106 Å². The van der Waals surface area contributed by atoms with E-state index >= 15 is 0 Å². The Morgan fingerprint density at radius 3 is 1.32 bits per heavy atom. The summed E-state index contributed by atoms with van der Waals surface area (Å²) in [5, 5.41) is 36.5. The molecule has 0 unspecified atom stereocenters. The molecular formula is C42H54N6O6S2. The number of aliphatic hydroxyl groups is 2. The van der Waals surface area contributed by atoms with Gasteiger partial charge in [0.2, 0.25) is 0 Å². The number of nitrogens with zero attached hydrogens (tertiary/aromatic N) is 6. The van der Waals surface area contributed by atoms with Gasteiger partial charge in [0.1, 0.15) is 11.0 Å². The molecule has 12 nitrogen and oxygen atoms in total. The Hall–Kier alpha value is -4.50. The zero-order valence-electron chi connectivity index (χ0n) is 34.5. The lowest BCUT2D eigenvalue weighted by Gasteiger charge is -2.32. The molecule has 0 fully saturated rings. The average Bonchev–Trinajstić information content (AvgIpc) is 3.97. The van der Waals surface area contributed by atoms with E-state index in [1.807, 2.05) is 103 Å². The van der Waals surface area contributed by atoms with Gasteiger partial charge in [-0.05, 0) is 127 Å². The number of fused-ring (bicyclic) bond motifs is 2. The van der Waals surface area contributed by atoms with Crippen LogP contribution in [0.5, 0.6) is 0 Å². The maximum absolute atomic E-state index is 12.7. The van der Waals surface area contributed by atoms with Gasteiger partial charge < -0.3 is 19.7 Å². The molecule has 0 aliphatic heterocycles. The van der Waals surface area contributed by atoms with Gasteiger partial charge >= 0.3 is 11.9 Å². The van der Waals surface area contributed by atoms with E-state index < -0.39 is 10.8 Å². The van der Waals surface area contributed by atoms with Gasteiger partial charge in [-0.1, -0.05) is 22.6 Å². The van der Waals surface area contributed by atoms with Gasteiger partial charge in [-0.3, -0.25) is 9.59 Å². The van der Waals surface area contributed by atoms with Crippen LogP contribution < -0.4 is 0 Å². The first-order chi connectivity index (χ1) is 26.5. The topological polar surface area (TPSA) is 154 Å². The van der Waals surface area contributed by atoms with E-state index in [4.69, 9.17) is 9.47 Å². The van der Waals surface area contributed by atoms with Gasteiger partial charge in [-0.25, -0.2) is 9.36 Å². The molecule has 0 aliphatic carbocycles. The number of thiophene rings is 2. The molecule has 0 spiro atoms. The van der Waals surface area contributed by atoms with Crippen molar-refractivity contribution in [3.63, 3.8) is 0 Å². The second-order valence-electron chi connectivity index (χ2n) is 15.2. The molecule has 0 bridgehead atoms. The summed E-state index contributed by atoms with van der Waals surface area (Å²) >= 11 is 3.22. The van der Waals surface area contributed by atoms with Gasteiger partial charge in [0.05, 0.1) is 49.3 Å². The molecule has 2 atom stereocenters. The van der Waals surface area contributed by atoms with E-state index in [1.165, 1.54) is 14.2 Å². The van der Waals surface area contributed by atoms with Gasteiger partial charge in [0.15, 0.2) is 0 Å². The first-order valence-corrected chi connectivity index (χ1v) is 20.4. The summed E-state index contributed by atoms with van der Waals surface area (Å²) in [5.74, 6) is -0.989. The molecule has 56 heavy (non-hydrogen) atoms. The Labute approximate surface area is 336 Å². The largest absolute Gasteiger partial charge is 0.469 e. The van der Waals surface area contributed by atoms with Crippen LogP contribution in [0.15, 0.2) is 36.4 Å². The molecule has 0 radical (unpaired) electrons. The Morgan fingerprint density at radius 1 is 0.679 bits per heavy atom. The lowest BCUT2D eigenvalue weighted by molar-refractivity contribution is -0.152. The van der Waals surface area contributed by atoms with Crippen LogP contribution in [-0.2, 0) is 45.4 Å². The number of ether oxygens (including phenoxy) is 2. The van der Waals surface area contributed by atoms with Crippen molar-refractivity contribution in [2.24, 2.45) is 10.8 Å². The Bertz CT molecular complexity index is 2200. The number of methoxy groups -OCH3 is 2. The van der Waals surface area contributed by atoms with Crippen LogP contribution in [0.3, 0.4) is 0 Å². The normalized spacial score (nSPS) is 13.1. The number of aryl methyl sites for hydroxylation is 6. The monoisotopic (exact) mass is 802 g/mol. The predicted octanol–water partition coefficient (Wildman–Crippen LogP) is 7.91. The maximum Gasteiger partial charge on any atom is 0.312 e. The number of hydrogen-bond donors (Lipinski definition) is 2. The number of hydrogen-bond acceptors (Lipinski definition) is 12. The molecule has 0 saturated heterocycles. The molecule has 2 aromatic carbocycles. The Kier molecular flexibility index (Phi) is 12.9. The standard InChI is InChI=1S/2C21H27N3O3S/c2*1-7-24-16-9-8-15(12(2)19(16)22-23-24)18(21(4,5)20(26)27-6)17-10-14(11-25)13(3)28-17/h2*8-10,18,25H,7,11H2,1-6H3/t2*18-/m10/s1. The van der Waals surface area contributed by atoms with E-state index in [0.717, 1.165) is 88.0 Å². The molecule has 14 heteroatoms. The zero-order chi connectivity index (χ0) is 41.3. The minimum atomic E-state index is -0.794. The highest BCUT2D eigenvalue weighted by atomic mass is 32.1. The summed E-state index contributed by atoms with van der Waals surface area (Å²) in [6.45, 7) is 21.2. The van der Waals surface area contributed by atoms with E-state index in [9.17, 15) is 19.8 Å². The number of benzene rings is 2. The predicted molar refractivity (Wildman–Crippen MR) is 221 cm³/mol. The lowest BCUT2D eigenvalue weighted by atomic mass is 9.72. The SMILES string of the molecule is CCn1nnc2c(C)c([C@@H](c3cc(CO)c(C)s3)C(C)(C)C(=O)OC)ccc21.CCn1nnc2c(C)c([C@H](c3cc(CO)c(C)s3)C(C)(C)C(=O)OC)ccc21. The summed E-state index contributed by atoms with van der Waals surface area (Å²) in [5.41, 5.74) is 7.92. The second-order valence-corrected chi connectivity index (χ2v) is 17.8. The van der Waals surface area contributed by atoms with Gasteiger partial charge in [-0.2, -0.15) is 0 Å². The molecule has 0 aliphatic rings. The number of esters is 2. The summed E-state index contributed by atoms with van der Waals surface area (Å²) in [4.78, 5) is 29.6. The molecule has 300 valence electrons. The van der Waals surface area contributed by atoms with Gasteiger partial charge in [0.25, 0.3) is 0 Å². The molecule has 0 saturated carbocycles. The number of aliphatic hydroxyl groups excluding tert-OH is 2. The van der Waals surface area contributed by atoms with Crippen molar-refractivity contribution in [1.29, 1.82) is 0 Å². The highest BCUT2D eigenvalue weighted by Crippen LogP contribution is 2.48. The van der Waals surface area contributed by atoms with Crippen molar-refractivity contribution >= 4 is 56.7 Å². The molecule has 6 rings (SSSR count). The molecule has 6 aromatic rings. The highest BCUT2D eigenvalue weighted by Gasteiger charge is 2.43. The Balaban J connectivity index is 0.000000214. The van der Waals surface area contributed by atoms with E-state index in [0.29, 0.717) is 0 Å². The maximum atomic E-state index is 12.7. The number of aromatic nitrogens is 6. The first-order valence-electron chi connectivity index (χ1n) is 18.7. The van der Waals surface area contributed by atoms with E-state index in [2.05, 4.69) is 32.8 Å². The summed E-state index contributed by atoms with van der Waals surface area (Å²) in [6.07, 6.45) is 0. The molecule has 0 amide bonds. The fraction of sp³-hybridized carbons (Fsp3) is 0.476. The van der Waals surface area contributed by atoms with E-state index in [-0.39, 0.29) is 37.0 Å². The van der Waals surface area contributed by atoms with Gasteiger partial charge in [-0.15, -0.1) is 32.9 Å². The third-order valence-corrected chi connectivity index (χ3v) is 13.4. The molecular weight excluding hydrogens is 749 g/mol. The van der Waals surface area contributed by atoms with Crippen LogP contribution in [0.4, 0.5) is 0 Å². The minimum absolute atomic E-state index is 0.0173. The lowest BCUT2D eigenvalue weighted by Crippen LogP contribution is -2.33. The van der Waals surface area contributed by atoms with Crippen LogP contribution in [-0.4, -0.2) is 66.4 Å². The van der Waals surface area contributed by atoms with Crippen molar-refractivity contribution in [3.05, 3.63) is 89.3 Å². The van der Waals surface area contributed by atoms with Crippen LogP contribution in [0.25, 0.3) is 22.1 Å². The second kappa shape index (κ2) is 16.9. The zero-order valence-corrected chi connectivity index (χ0v) is 36.1. The summed E-state index contributed by atoms with van der Waals surface area (Å²) in [6, 6.07) is 12.2. The number of carbonyl (C=O) groups is 2. The fourth-order valence-electron chi connectivity index (χ4n) is 7.70. The molecule has 2 N–H and O–H groups in total. The summed E-state index contributed by atoms with van der Waals surface area (Å²) in [7, 11) is 2.84. The average molecular weight is 803 g/mol. The quantitative estimate of drug-likeness (QED) is 0.117. The van der Waals surface area contributed by atoms with Crippen molar-refractivity contribution in [1.82, 2.24) is 30.0 Å². The molecule has 4 heterocycles.